The van der Waals surface area contributed by atoms with E-state index in [2.05, 4.69) is 28.5 Å². The SMILES string of the molecule is CCc1nsc(OCC2CNCC(C)(C)O2)n1. The summed E-state index contributed by atoms with van der Waals surface area (Å²) in [6.07, 6.45) is 0.918. The van der Waals surface area contributed by atoms with E-state index < -0.39 is 0 Å². The molecule has 1 aromatic rings. The van der Waals surface area contributed by atoms with E-state index in [4.69, 9.17) is 9.47 Å². The molecule has 0 amide bonds. The third kappa shape index (κ3) is 3.62. The molecule has 1 atom stereocenters. The van der Waals surface area contributed by atoms with Gasteiger partial charge in [0.05, 0.1) is 5.60 Å². The molecule has 1 aliphatic heterocycles. The van der Waals surface area contributed by atoms with Gasteiger partial charge in [0.2, 0.25) is 0 Å². The lowest BCUT2D eigenvalue weighted by Gasteiger charge is -2.36. The number of hydrogen-bond donors (Lipinski definition) is 1. The van der Waals surface area contributed by atoms with Crippen LogP contribution in [0.25, 0.3) is 0 Å². The molecule has 2 rings (SSSR count). The van der Waals surface area contributed by atoms with Gasteiger partial charge in [-0.05, 0) is 13.8 Å². The molecule has 5 nitrogen and oxygen atoms in total. The summed E-state index contributed by atoms with van der Waals surface area (Å²) >= 11 is 1.30. The van der Waals surface area contributed by atoms with Crippen LogP contribution in [0.15, 0.2) is 0 Å². The second kappa shape index (κ2) is 5.29. The maximum Gasteiger partial charge on any atom is 0.293 e. The minimum atomic E-state index is -0.123. The van der Waals surface area contributed by atoms with Crippen LogP contribution in [-0.4, -0.2) is 40.8 Å². The fraction of sp³-hybridized carbons (Fsp3) is 0.818. The van der Waals surface area contributed by atoms with Crippen molar-refractivity contribution in [3.05, 3.63) is 5.82 Å². The van der Waals surface area contributed by atoms with Crippen molar-refractivity contribution in [1.29, 1.82) is 0 Å². The molecule has 0 aliphatic carbocycles. The molecular weight excluding hydrogens is 238 g/mol. The number of nitrogens with one attached hydrogen (secondary N) is 1. The fourth-order valence-electron chi connectivity index (χ4n) is 1.77. The molecule has 1 unspecified atom stereocenters. The van der Waals surface area contributed by atoms with Gasteiger partial charge in [-0.25, -0.2) is 0 Å². The molecule has 96 valence electrons. The van der Waals surface area contributed by atoms with Crippen LogP contribution >= 0.6 is 11.5 Å². The molecule has 0 saturated carbocycles. The molecule has 0 spiro atoms. The summed E-state index contributed by atoms with van der Waals surface area (Å²) in [5.74, 6) is 0.841. The van der Waals surface area contributed by atoms with Gasteiger partial charge < -0.3 is 14.8 Å². The van der Waals surface area contributed by atoms with Crippen LogP contribution in [0.4, 0.5) is 0 Å². The summed E-state index contributed by atoms with van der Waals surface area (Å²) in [5.41, 5.74) is -0.123. The molecule has 1 aliphatic rings. The first-order valence-corrected chi connectivity index (χ1v) is 6.70. The normalized spacial score (nSPS) is 23.6. The number of ether oxygens (including phenoxy) is 2. The van der Waals surface area contributed by atoms with Crippen molar-refractivity contribution < 1.29 is 9.47 Å². The van der Waals surface area contributed by atoms with E-state index in [1.54, 1.807) is 0 Å². The highest BCUT2D eigenvalue weighted by molar-refractivity contribution is 7.07. The van der Waals surface area contributed by atoms with Crippen LogP contribution in [0, 0.1) is 0 Å². The highest BCUT2D eigenvalue weighted by Crippen LogP contribution is 2.18. The van der Waals surface area contributed by atoms with Crippen LogP contribution in [-0.2, 0) is 11.2 Å². The second-order valence-electron chi connectivity index (χ2n) is 4.77. The van der Waals surface area contributed by atoms with Crippen molar-refractivity contribution in [3.8, 4) is 5.19 Å². The Morgan fingerprint density at radius 1 is 1.59 bits per heavy atom. The predicted octanol–water partition coefficient (Wildman–Crippen LogP) is 1.25. The Balaban J connectivity index is 1.81. The van der Waals surface area contributed by atoms with Gasteiger partial charge in [0.15, 0.2) is 0 Å². The summed E-state index contributed by atoms with van der Waals surface area (Å²) in [4.78, 5) is 4.26. The molecule has 0 aromatic carbocycles. The van der Waals surface area contributed by atoms with E-state index in [1.165, 1.54) is 11.5 Å². The third-order valence-corrected chi connectivity index (χ3v) is 3.23. The zero-order valence-electron chi connectivity index (χ0n) is 10.5. The van der Waals surface area contributed by atoms with Crippen molar-refractivity contribution >= 4 is 11.5 Å². The largest absolute Gasteiger partial charge is 0.466 e. The van der Waals surface area contributed by atoms with Gasteiger partial charge in [-0.1, -0.05) is 6.92 Å². The van der Waals surface area contributed by atoms with Crippen molar-refractivity contribution in [1.82, 2.24) is 14.7 Å². The summed E-state index contributed by atoms with van der Waals surface area (Å²) in [6.45, 7) is 8.40. The Morgan fingerprint density at radius 3 is 3.06 bits per heavy atom. The van der Waals surface area contributed by atoms with Crippen molar-refractivity contribution in [2.45, 2.75) is 38.9 Å². The molecule has 1 fully saturated rings. The number of hydrogen-bond acceptors (Lipinski definition) is 6. The second-order valence-corrected chi connectivity index (χ2v) is 5.49. The molecule has 0 bridgehead atoms. The summed E-state index contributed by atoms with van der Waals surface area (Å²) in [5, 5.41) is 3.97. The minimum Gasteiger partial charge on any atom is -0.466 e. The summed E-state index contributed by atoms with van der Waals surface area (Å²) in [6, 6.07) is 0. The molecule has 17 heavy (non-hydrogen) atoms. The predicted molar refractivity (Wildman–Crippen MR) is 66.6 cm³/mol. The van der Waals surface area contributed by atoms with E-state index in [-0.39, 0.29) is 11.7 Å². The van der Waals surface area contributed by atoms with Gasteiger partial charge in [-0.15, -0.1) is 0 Å². The first kappa shape index (κ1) is 12.7. The molecule has 0 radical (unpaired) electrons. The topological polar surface area (TPSA) is 56.3 Å². The van der Waals surface area contributed by atoms with Crippen LogP contribution in [0.5, 0.6) is 5.19 Å². The van der Waals surface area contributed by atoms with Crippen molar-refractivity contribution in [2.75, 3.05) is 19.7 Å². The van der Waals surface area contributed by atoms with Crippen LogP contribution in [0.3, 0.4) is 0 Å². The van der Waals surface area contributed by atoms with E-state index in [0.717, 1.165) is 25.3 Å². The lowest BCUT2D eigenvalue weighted by Crippen LogP contribution is -2.52. The zero-order chi connectivity index (χ0) is 12.3. The van der Waals surface area contributed by atoms with Crippen molar-refractivity contribution in [3.63, 3.8) is 0 Å². The van der Waals surface area contributed by atoms with E-state index in [9.17, 15) is 0 Å². The number of nitrogens with zero attached hydrogens (tertiary/aromatic N) is 2. The highest BCUT2D eigenvalue weighted by atomic mass is 32.1. The molecule has 1 saturated heterocycles. The lowest BCUT2D eigenvalue weighted by atomic mass is 10.1. The molecular formula is C11H19N3O2S. The fourth-order valence-corrected chi connectivity index (χ4v) is 2.39. The van der Waals surface area contributed by atoms with Crippen molar-refractivity contribution in [2.24, 2.45) is 0 Å². The summed E-state index contributed by atoms with van der Waals surface area (Å²) in [7, 11) is 0. The number of aromatic nitrogens is 2. The van der Waals surface area contributed by atoms with Crippen LogP contribution < -0.4 is 10.1 Å². The standard InChI is InChI=1S/C11H19N3O2S/c1-4-9-13-10(17-14-9)15-6-8-5-12-7-11(2,3)16-8/h8,12H,4-7H2,1-3H3. The first-order valence-electron chi connectivity index (χ1n) is 5.93. The average molecular weight is 257 g/mol. The monoisotopic (exact) mass is 257 g/mol. The maximum absolute atomic E-state index is 5.90. The number of aryl methyl sites for hydroxylation is 1. The Kier molecular flexibility index (Phi) is 3.96. The molecule has 1 N–H and O–H groups in total. The minimum absolute atomic E-state index is 0.0766. The van der Waals surface area contributed by atoms with Gasteiger partial charge in [0, 0.05) is 31.0 Å². The van der Waals surface area contributed by atoms with Gasteiger partial charge in [0.1, 0.15) is 18.5 Å². The maximum atomic E-state index is 5.90. The van der Waals surface area contributed by atoms with E-state index in [1.807, 2.05) is 6.92 Å². The zero-order valence-corrected chi connectivity index (χ0v) is 11.3. The summed E-state index contributed by atoms with van der Waals surface area (Å²) < 4.78 is 15.7. The Hall–Kier alpha value is -0.720. The van der Waals surface area contributed by atoms with Crippen LogP contribution in [0.2, 0.25) is 0 Å². The highest BCUT2D eigenvalue weighted by Gasteiger charge is 2.28. The van der Waals surface area contributed by atoms with Gasteiger partial charge >= 0.3 is 0 Å². The third-order valence-electron chi connectivity index (χ3n) is 2.57. The molecule has 2 heterocycles. The Morgan fingerprint density at radius 2 is 2.41 bits per heavy atom. The van der Waals surface area contributed by atoms with Gasteiger partial charge in [0.25, 0.3) is 5.19 Å². The number of morpholine rings is 1. The van der Waals surface area contributed by atoms with Gasteiger partial charge in [-0.3, -0.25) is 0 Å². The van der Waals surface area contributed by atoms with E-state index in [0.29, 0.717) is 11.8 Å². The quantitative estimate of drug-likeness (QED) is 0.879. The Labute approximate surface area is 106 Å². The molecule has 6 heteroatoms. The van der Waals surface area contributed by atoms with E-state index >= 15 is 0 Å². The first-order chi connectivity index (χ1) is 8.09. The van der Waals surface area contributed by atoms with Crippen LogP contribution in [0.1, 0.15) is 26.6 Å². The smallest absolute Gasteiger partial charge is 0.293 e. The average Bonchev–Trinajstić information content (AvgIpc) is 2.73. The Bertz CT molecular complexity index is 367. The van der Waals surface area contributed by atoms with Gasteiger partial charge in [-0.2, -0.15) is 9.36 Å². The number of rotatable bonds is 4. The lowest BCUT2D eigenvalue weighted by molar-refractivity contribution is -0.107. The molecule has 1 aromatic heterocycles.